The van der Waals surface area contributed by atoms with Crippen molar-refractivity contribution in [2.45, 2.75) is 18.4 Å². The van der Waals surface area contributed by atoms with Gasteiger partial charge in [-0.2, -0.15) is 0 Å². The molecule has 134 valence electrons. The fraction of sp³-hybridized carbons (Fsp3) is 0.412. The highest BCUT2D eigenvalue weighted by molar-refractivity contribution is 6.33. The predicted octanol–water partition coefficient (Wildman–Crippen LogP) is 3.13. The van der Waals surface area contributed by atoms with Crippen LogP contribution in [0.15, 0.2) is 24.4 Å². The number of ether oxygens (including phenoxy) is 2. The molecule has 0 bridgehead atoms. The van der Waals surface area contributed by atoms with Gasteiger partial charge in [0.15, 0.2) is 11.6 Å². The van der Waals surface area contributed by atoms with Gasteiger partial charge in [-0.3, -0.25) is 0 Å². The third-order valence-corrected chi connectivity index (χ3v) is 4.71. The molecule has 8 heteroatoms. The predicted molar refractivity (Wildman–Crippen MR) is 95.1 cm³/mol. The molecule has 0 radical (unpaired) electrons. The molecule has 3 heterocycles. The van der Waals surface area contributed by atoms with Gasteiger partial charge >= 0.3 is 0 Å². The number of nitrogens with two attached hydrogens (primary N) is 1. The highest BCUT2D eigenvalue weighted by atomic mass is 35.5. The van der Waals surface area contributed by atoms with Crippen molar-refractivity contribution in [2.24, 2.45) is 0 Å². The largest absolute Gasteiger partial charge is 0.384 e. The molecule has 0 unspecified atom stereocenters. The first kappa shape index (κ1) is 17.8. The van der Waals surface area contributed by atoms with Crippen LogP contribution in [0.3, 0.4) is 0 Å². The molecule has 0 amide bonds. The van der Waals surface area contributed by atoms with Crippen LogP contribution in [0, 0.1) is 5.82 Å². The smallest absolute Gasteiger partial charge is 0.165 e. The van der Waals surface area contributed by atoms with E-state index in [4.69, 9.17) is 26.8 Å². The molecule has 1 saturated heterocycles. The van der Waals surface area contributed by atoms with E-state index in [-0.39, 0.29) is 11.4 Å². The summed E-state index contributed by atoms with van der Waals surface area (Å²) in [5.74, 6) is 0.0210. The van der Waals surface area contributed by atoms with Gasteiger partial charge in [-0.25, -0.2) is 14.4 Å². The average molecular weight is 367 g/mol. The average Bonchev–Trinajstić information content (AvgIpc) is 2.64. The standard InChI is InChI=1S/C17H20ClFN4O2/c1-24-17(4-6-25-7-5-17)10-22-16-13(19)2-3-14(23-16)11-8-15(20)21-9-12(11)18/h2-3,8-9H,4-7,10H2,1H3,(H2,20,21)(H,22,23). The summed E-state index contributed by atoms with van der Waals surface area (Å²) in [5.41, 5.74) is 6.44. The molecule has 2 aromatic heterocycles. The van der Waals surface area contributed by atoms with E-state index in [1.54, 1.807) is 19.2 Å². The van der Waals surface area contributed by atoms with Crippen molar-refractivity contribution >= 4 is 23.2 Å². The summed E-state index contributed by atoms with van der Waals surface area (Å²) in [6.45, 7) is 1.68. The Kier molecular flexibility index (Phi) is 5.36. The van der Waals surface area contributed by atoms with Gasteiger partial charge in [-0.05, 0) is 18.2 Å². The monoisotopic (exact) mass is 366 g/mol. The molecule has 1 aliphatic rings. The van der Waals surface area contributed by atoms with Gasteiger partial charge in [0, 0.05) is 51.5 Å². The van der Waals surface area contributed by atoms with Crippen molar-refractivity contribution in [3.63, 3.8) is 0 Å². The van der Waals surface area contributed by atoms with Gasteiger partial charge in [-0.1, -0.05) is 11.6 Å². The van der Waals surface area contributed by atoms with E-state index in [0.29, 0.717) is 41.9 Å². The second-order valence-electron chi connectivity index (χ2n) is 5.97. The molecule has 1 fully saturated rings. The molecule has 0 aromatic carbocycles. The summed E-state index contributed by atoms with van der Waals surface area (Å²) in [6.07, 6.45) is 2.93. The van der Waals surface area contributed by atoms with E-state index in [1.165, 1.54) is 12.3 Å². The molecule has 6 nitrogen and oxygen atoms in total. The van der Waals surface area contributed by atoms with Crippen molar-refractivity contribution in [1.82, 2.24) is 9.97 Å². The zero-order valence-electron chi connectivity index (χ0n) is 13.9. The maximum absolute atomic E-state index is 14.2. The van der Waals surface area contributed by atoms with Crippen LogP contribution in [-0.2, 0) is 9.47 Å². The number of hydrogen-bond acceptors (Lipinski definition) is 6. The first-order valence-corrected chi connectivity index (χ1v) is 8.35. The summed E-state index contributed by atoms with van der Waals surface area (Å²) in [6, 6.07) is 4.52. The van der Waals surface area contributed by atoms with Gasteiger partial charge in [0.05, 0.1) is 16.3 Å². The van der Waals surface area contributed by atoms with Gasteiger partial charge in [0.2, 0.25) is 0 Å². The quantitative estimate of drug-likeness (QED) is 0.846. The van der Waals surface area contributed by atoms with Crippen LogP contribution >= 0.6 is 11.6 Å². The minimum Gasteiger partial charge on any atom is -0.384 e. The van der Waals surface area contributed by atoms with E-state index in [1.807, 2.05) is 0 Å². The van der Waals surface area contributed by atoms with Crippen molar-refractivity contribution in [1.29, 1.82) is 0 Å². The lowest BCUT2D eigenvalue weighted by Gasteiger charge is -2.36. The Morgan fingerprint density at radius 1 is 1.40 bits per heavy atom. The van der Waals surface area contributed by atoms with Gasteiger partial charge < -0.3 is 20.5 Å². The molecule has 2 aromatic rings. The molecule has 0 aliphatic carbocycles. The second kappa shape index (κ2) is 7.51. The number of nitrogen functional groups attached to an aromatic ring is 1. The molecule has 3 N–H and O–H groups in total. The molecule has 25 heavy (non-hydrogen) atoms. The molecular weight excluding hydrogens is 347 g/mol. The van der Waals surface area contributed by atoms with Crippen LogP contribution < -0.4 is 11.1 Å². The molecule has 3 rings (SSSR count). The Morgan fingerprint density at radius 3 is 2.88 bits per heavy atom. The minimum absolute atomic E-state index is 0.145. The lowest BCUT2D eigenvalue weighted by molar-refractivity contribution is -0.0807. The Labute approximate surface area is 150 Å². The number of anilines is 2. The zero-order chi connectivity index (χ0) is 17.9. The summed E-state index contributed by atoms with van der Waals surface area (Å²) in [4.78, 5) is 8.28. The number of nitrogens with one attached hydrogen (secondary N) is 1. The van der Waals surface area contributed by atoms with Crippen LogP contribution in [0.25, 0.3) is 11.3 Å². The normalized spacial score (nSPS) is 16.6. The van der Waals surface area contributed by atoms with Crippen LogP contribution in [0.2, 0.25) is 5.02 Å². The molecule has 0 spiro atoms. The van der Waals surface area contributed by atoms with E-state index >= 15 is 0 Å². The van der Waals surface area contributed by atoms with Crippen molar-refractivity contribution < 1.29 is 13.9 Å². The fourth-order valence-electron chi connectivity index (χ4n) is 2.81. The number of rotatable bonds is 5. The first-order chi connectivity index (χ1) is 12.0. The Balaban J connectivity index is 1.83. The highest BCUT2D eigenvalue weighted by Gasteiger charge is 2.32. The highest BCUT2D eigenvalue weighted by Crippen LogP contribution is 2.30. The van der Waals surface area contributed by atoms with Gasteiger partial charge in [0.1, 0.15) is 5.82 Å². The summed E-state index contributed by atoms with van der Waals surface area (Å²) >= 11 is 6.16. The summed E-state index contributed by atoms with van der Waals surface area (Å²) in [7, 11) is 1.66. The lowest BCUT2D eigenvalue weighted by atomic mass is 9.94. The second-order valence-corrected chi connectivity index (χ2v) is 6.38. The molecular formula is C17H20ClFN4O2. The van der Waals surface area contributed by atoms with E-state index in [2.05, 4.69) is 15.3 Å². The van der Waals surface area contributed by atoms with Gasteiger partial charge in [0.25, 0.3) is 0 Å². The Bertz CT molecular complexity index is 753. The SMILES string of the molecule is COC1(CNc2nc(-c3cc(N)ncc3Cl)ccc2F)CCOCC1. The molecule has 1 aliphatic heterocycles. The number of nitrogens with zero attached hydrogens (tertiary/aromatic N) is 2. The summed E-state index contributed by atoms with van der Waals surface area (Å²) in [5, 5.41) is 3.46. The number of aromatic nitrogens is 2. The zero-order valence-corrected chi connectivity index (χ0v) is 14.6. The van der Waals surface area contributed by atoms with E-state index < -0.39 is 5.82 Å². The third-order valence-electron chi connectivity index (χ3n) is 4.41. The maximum atomic E-state index is 14.2. The van der Waals surface area contributed by atoms with Crippen molar-refractivity contribution in [3.8, 4) is 11.3 Å². The number of halogens is 2. The van der Waals surface area contributed by atoms with Crippen LogP contribution in [0.1, 0.15) is 12.8 Å². The number of pyridine rings is 2. The van der Waals surface area contributed by atoms with Gasteiger partial charge in [-0.15, -0.1) is 0 Å². The van der Waals surface area contributed by atoms with E-state index in [0.717, 1.165) is 12.8 Å². The first-order valence-electron chi connectivity index (χ1n) is 7.98. The van der Waals surface area contributed by atoms with Crippen LogP contribution in [-0.4, -0.2) is 42.4 Å². The molecule has 0 atom stereocenters. The van der Waals surface area contributed by atoms with Crippen LogP contribution in [0.5, 0.6) is 0 Å². The van der Waals surface area contributed by atoms with Crippen molar-refractivity contribution in [2.75, 3.05) is 37.9 Å². The number of hydrogen-bond donors (Lipinski definition) is 2. The Morgan fingerprint density at radius 2 is 2.16 bits per heavy atom. The van der Waals surface area contributed by atoms with E-state index in [9.17, 15) is 4.39 Å². The fourth-order valence-corrected chi connectivity index (χ4v) is 3.01. The number of methoxy groups -OCH3 is 1. The summed E-state index contributed by atoms with van der Waals surface area (Å²) < 4.78 is 25.2. The lowest BCUT2D eigenvalue weighted by Crippen LogP contribution is -2.44. The van der Waals surface area contributed by atoms with Crippen LogP contribution in [0.4, 0.5) is 16.0 Å². The van der Waals surface area contributed by atoms with Crippen molar-refractivity contribution in [3.05, 3.63) is 35.2 Å². The topological polar surface area (TPSA) is 82.3 Å². The molecule has 0 saturated carbocycles. The minimum atomic E-state index is -0.444. The third kappa shape index (κ3) is 4.00. The Hall–Kier alpha value is -1.96. The maximum Gasteiger partial charge on any atom is 0.165 e.